The van der Waals surface area contributed by atoms with Crippen molar-refractivity contribution in [3.63, 3.8) is 0 Å². The standard InChI is InChI=1S/C21H12BN3O/c26-21-14-7-5-11-18-20(14)25-22(15-8-2-4-10-17(15)24(21)25)19-12-13-6-1-3-9-16(13)23(18)19/h1-12H. The molecule has 0 saturated heterocycles. The second-order valence-corrected chi connectivity index (χ2v) is 7.06. The summed E-state index contributed by atoms with van der Waals surface area (Å²) in [6, 6.07) is 25.0. The van der Waals surface area contributed by atoms with Gasteiger partial charge in [-0.2, -0.15) is 0 Å². The maximum absolute atomic E-state index is 13.2. The Morgan fingerprint density at radius 3 is 2.58 bits per heavy atom. The fourth-order valence-corrected chi connectivity index (χ4v) is 4.88. The summed E-state index contributed by atoms with van der Waals surface area (Å²) in [5.41, 5.74) is 6.73. The fraction of sp³-hybridized carbons (Fsp3) is 0. The van der Waals surface area contributed by atoms with E-state index in [0.29, 0.717) is 0 Å². The third-order valence-electron chi connectivity index (χ3n) is 5.85. The number of rotatable bonds is 0. The third kappa shape index (κ3) is 1.21. The van der Waals surface area contributed by atoms with Crippen molar-refractivity contribution < 1.29 is 0 Å². The molecule has 2 aliphatic heterocycles. The Bertz CT molecular complexity index is 1470. The van der Waals surface area contributed by atoms with Gasteiger partial charge < -0.3 is 9.16 Å². The molecule has 0 amide bonds. The molecule has 2 aromatic heterocycles. The van der Waals surface area contributed by atoms with Crippen LogP contribution < -0.4 is 16.6 Å². The molecule has 0 atom stereocenters. The van der Waals surface area contributed by atoms with Crippen LogP contribution in [0.3, 0.4) is 0 Å². The maximum Gasteiger partial charge on any atom is 0.366 e. The van der Waals surface area contributed by atoms with Crippen molar-refractivity contribution in [2.24, 2.45) is 0 Å². The monoisotopic (exact) mass is 333 g/mol. The minimum atomic E-state index is 0.0266. The van der Waals surface area contributed by atoms with E-state index in [2.05, 4.69) is 57.7 Å². The van der Waals surface area contributed by atoms with Crippen LogP contribution in [0.5, 0.6) is 0 Å². The minimum absolute atomic E-state index is 0.0266. The van der Waals surface area contributed by atoms with Crippen LogP contribution >= 0.6 is 0 Å². The van der Waals surface area contributed by atoms with Gasteiger partial charge >= 0.3 is 6.85 Å². The highest BCUT2D eigenvalue weighted by Gasteiger charge is 2.42. The summed E-state index contributed by atoms with van der Waals surface area (Å²) < 4.78 is 6.37. The summed E-state index contributed by atoms with van der Waals surface area (Å²) in [7, 11) is 0. The van der Waals surface area contributed by atoms with E-state index >= 15 is 0 Å². The van der Waals surface area contributed by atoms with E-state index in [9.17, 15) is 4.79 Å². The molecule has 0 N–H and O–H groups in total. The van der Waals surface area contributed by atoms with Gasteiger partial charge in [0.25, 0.3) is 5.56 Å². The van der Waals surface area contributed by atoms with Crippen LogP contribution in [0.4, 0.5) is 0 Å². The topological polar surface area (TPSA) is 31.9 Å². The molecule has 2 aliphatic rings. The molecule has 4 nitrogen and oxygen atoms in total. The maximum atomic E-state index is 13.2. The average Bonchev–Trinajstić information content (AvgIpc) is 3.31. The Labute approximate surface area is 148 Å². The lowest BCUT2D eigenvalue weighted by atomic mass is 9.53. The van der Waals surface area contributed by atoms with E-state index in [0.717, 1.165) is 22.3 Å². The van der Waals surface area contributed by atoms with Crippen LogP contribution in [0, 0.1) is 0 Å². The van der Waals surface area contributed by atoms with Gasteiger partial charge in [-0.15, -0.1) is 0 Å². The molecular weight excluding hydrogens is 321 g/mol. The first kappa shape index (κ1) is 12.8. The molecule has 0 saturated carbocycles. The van der Waals surface area contributed by atoms with Gasteiger partial charge in [0.1, 0.15) is 0 Å². The highest BCUT2D eigenvalue weighted by molar-refractivity contribution is 6.86. The van der Waals surface area contributed by atoms with Gasteiger partial charge in [-0.05, 0) is 41.2 Å². The summed E-state index contributed by atoms with van der Waals surface area (Å²) in [5.74, 6) is 0. The van der Waals surface area contributed by atoms with E-state index in [1.54, 1.807) is 0 Å². The SMILES string of the molecule is O=c1c2cccc3c2n2n1-c1ccccc1B2c1cc2ccccc2n1-3. The number of nitrogens with zero attached hydrogens (tertiary/aromatic N) is 3. The molecule has 5 aromatic rings. The normalized spacial score (nSPS) is 13.5. The van der Waals surface area contributed by atoms with Crippen molar-refractivity contribution in [1.82, 2.24) is 13.8 Å². The van der Waals surface area contributed by atoms with Gasteiger partial charge in [0.15, 0.2) is 0 Å². The molecule has 3 aromatic carbocycles. The lowest BCUT2D eigenvalue weighted by Crippen LogP contribution is -2.51. The molecular formula is C21H12BN3O. The third-order valence-corrected chi connectivity index (χ3v) is 5.85. The second-order valence-electron chi connectivity index (χ2n) is 7.06. The molecule has 5 heteroatoms. The van der Waals surface area contributed by atoms with Crippen molar-refractivity contribution in [3.05, 3.63) is 83.2 Å². The minimum Gasteiger partial charge on any atom is -0.318 e. The first-order valence-corrected chi connectivity index (χ1v) is 8.81. The van der Waals surface area contributed by atoms with E-state index in [1.165, 1.54) is 22.0 Å². The van der Waals surface area contributed by atoms with Crippen LogP contribution in [0.2, 0.25) is 0 Å². The van der Waals surface area contributed by atoms with Gasteiger partial charge in [0.05, 0.1) is 27.8 Å². The van der Waals surface area contributed by atoms with Crippen molar-refractivity contribution in [2.75, 3.05) is 0 Å². The Balaban J connectivity index is 1.81. The molecule has 0 bridgehead atoms. The lowest BCUT2D eigenvalue weighted by molar-refractivity contribution is 0.811. The Morgan fingerprint density at radius 2 is 1.62 bits per heavy atom. The smallest absolute Gasteiger partial charge is 0.318 e. The van der Waals surface area contributed by atoms with Gasteiger partial charge in [-0.1, -0.05) is 42.5 Å². The second kappa shape index (κ2) is 4.02. The van der Waals surface area contributed by atoms with Crippen LogP contribution in [0.15, 0.2) is 77.6 Å². The molecule has 0 spiro atoms. The molecule has 26 heavy (non-hydrogen) atoms. The molecule has 0 radical (unpaired) electrons. The summed E-state index contributed by atoms with van der Waals surface area (Å²) >= 11 is 0. The zero-order chi connectivity index (χ0) is 17.0. The van der Waals surface area contributed by atoms with Crippen LogP contribution in [-0.2, 0) is 0 Å². The lowest BCUT2D eigenvalue weighted by Gasteiger charge is -2.23. The van der Waals surface area contributed by atoms with E-state index < -0.39 is 0 Å². The Morgan fingerprint density at radius 1 is 0.808 bits per heavy atom. The number of fused-ring (bicyclic) bond motifs is 8. The van der Waals surface area contributed by atoms with Gasteiger partial charge in [0.2, 0.25) is 0 Å². The van der Waals surface area contributed by atoms with E-state index in [1.807, 2.05) is 28.9 Å². The van der Waals surface area contributed by atoms with Crippen molar-refractivity contribution in [2.45, 2.75) is 0 Å². The highest BCUT2D eigenvalue weighted by Crippen LogP contribution is 2.32. The summed E-state index contributed by atoms with van der Waals surface area (Å²) in [6.45, 7) is 0.0266. The van der Waals surface area contributed by atoms with E-state index in [-0.39, 0.29) is 12.4 Å². The average molecular weight is 333 g/mol. The Kier molecular flexibility index (Phi) is 1.98. The van der Waals surface area contributed by atoms with Crippen LogP contribution in [-0.4, -0.2) is 20.7 Å². The number of hydrogen-bond acceptors (Lipinski definition) is 1. The zero-order valence-electron chi connectivity index (χ0n) is 13.8. The molecule has 0 unspecified atom stereocenters. The van der Waals surface area contributed by atoms with Gasteiger partial charge in [-0.3, -0.25) is 4.79 Å². The van der Waals surface area contributed by atoms with Crippen LogP contribution in [0.25, 0.3) is 33.2 Å². The number of aromatic nitrogens is 3. The first-order chi connectivity index (χ1) is 12.8. The molecule has 120 valence electrons. The van der Waals surface area contributed by atoms with Gasteiger partial charge in [-0.25, -0.2) is 4.68 Å². The summed E-state index contributed by atoms with van der Waals surface area (Å²) in [6.07, 6.45) is 0. The summed E-state index contributed by atoms with van der Waals surface area (Å²) in [4.78, 5) is 13.2. The number of para-hydroxylation sites is 3. The quantitative estimate of drug-likeness (QED) is 0.391. The van der Waals surface area contributed by atoms with Crippen molar-refractivity contribution in [1.29, 1.82) is 0 Å². The van der Waals surface area contributed by atoms with Crippen molar-refractivity contribution >= 4 is 39.7 Å². The largest absolute Gasteiger partial charge is 0.366 e. The van der Waals surface area contributed by atoms with Gasteiger partial charge in [0, 0.05) is 5.59 Å². The van der Waals surface area contributed by atoms with Crippen molar-refractivity contribution in [3.8, 4) is 11.4 Å². The van der Waals surface area contributed by atoms with E-state index in [4.69, 9.17) is 0 Å². The fourth-order valence-electron chi connectivity index (χ4n) is 4.88. The zero-order valence-corrected chi connectivity index (χ0v) is 13.8. The molecule has 0 fully saturated rings. The van der Waals surface area contributed by atoms with Crippen LogP contribution in [0.1, 0.15) is 0 Å². The molecule has 7 rings (SSSR count). The predicted molar refractivity (Wildman–Crippen MR) is 105 cm³/mol. The molecule has 0 aliphatic carbocycles. The summed E-state index contributed by atoms with van der Waals surface area (Å²) in [5, 5.41) is 2.01. The predicted octanol–water partition coefficient (Wildman–Crippen LogP) is 2.02. The first-order valence-electron chi connectivity index (χ1n) is 8.81. The number of hydrogen-bond donors (Lipinski definition) is 0. The Hall–Kier alpha value is -3.47. The highest BCUT2D eigenvalue weighted by atomic mass is 16.1. The molecule has 4 heterocycles. The number of benzene rings is 3.